The Labute approximate surface area is 73.2 Å². The first kappa shape index (κ1) is 9.13. The lowest BCUT2D eigenvalue weighted by atomic mass is 10.4. The molecule has 0 amide bonds. The summed E-state index contributed by atoms with van der Waals surface area (Å²) in [5.74, 6) is 1.76. The third kappa shape index (κ3) is 1.80. The van der Waals surface area contributed by atoms with E-state index in [0.29, 0.717) is 6.54 Å². The van der Waals surface area contributed by atoms with Crippen LogP contribution in [0.1, 0.15) is 19.6 Å². The highest BCUT2D eigenvalue weighted by molar-refractivity contribution is 5.35. The minimum absolute atomic E-state index is 0.473. The van der Waals surface area contributed by atoms with Crippen molar-refractivity contribution in [3.05, 3.63) is 17.9 Å². The Morgan fingerprint density at radius 2 is 2.00 bits per heavy atom. The molecule has 3 nitrogen and oxygen atoms in total. The quantitative estimate of drug-likeness (QED) is 0.742. The number of nitrogens with two attached hydrogens (primary N) is 1. The lowest BCUT2D eigenvalue weighted by molar-refractivity contribution is 0.503. The van der Waals surface area contributed by atoms with Gasteiger partial charge in [-0.2, -0.15) is 0 Å². The number of furan rings is 1. The fraction of sp³-hybridized carbons (Fsp3) is 0.556. The zero-order valence-corrected chi connectivity index (χ0v) is 7.71. The van der Waals surface area contributed by atoms with Crippen LogP contribution in [0.15, 0.2) is 16.5 Å². The Morgan fingerprint density at radius 3 is 2.42 bits per heavy atom. The largest absolute Gasteiger partial charge is 0.444 e. The van der Waals surface area contributed by atoms with Crippen LogP contribution < -0.4 is 10.6 Å². The van der Waals surface area contributed by atoms with Crippen molar-refractivity contribution in [3.8, 4) is 0 Å². The van der Waals surface area contributed by atoms with Gasteiger partial charge in [-0.1, -0.05) is 0 Å². The van der Waals surface area contributed by atoms with Gasteiger partial charge in [-0.25, -0.2) is 0 Å². The Morgan fingerprint density at radius 1 is 1.33 bits per heavy atom. The van der Waals surface area contributed by atoms with Gasteiger partial charge < -0.3 is 15.1 Å². The molecule has 0 saturated carbocycles. The molecule has 0 aliphatic carbocycles. The minimum atomic E-state index is 0.473. The SMILES string of the molecule is CCN(CC)c1ccc(CN)o1. The van der Waals surface area contributed by atoms with Gasteiger partial charge in [0.25, 0.3) is 0 Å². The summed E-state index contributed by atoms with van der Waals surface area (Å²) in [4.78, 5) is 2.15. The molecule has 3 heteroatoms. The topological polar surface area (TPSA) is 42.4 Å². The Bertz CT molecular complexity index is 228. The molecule has 12 heavy (non-hydrogen) atoms. The molecule has 0 radical (unpaired) electrons. The Kier molecular flexibility index (Phi) is 3.17. The summed E-state index contributed by atoms with van der Waals surface area (Å²) in [6, 6.07) is 3.89. The summed E-state index contributed by atoms with van der Waals surface area (Å²) in [6.45, 7) is 6.62. The summed E-state index contributed by atoms with van der Waals surface area (Å²) >= 11 is 0. The van der Waals surface area contributed by atoms with Gasteiger partial charge in [0.1, 0.15) is 5.76 Å². The second-order valence-electron chi connectivity index (χ2n) is 2.62. The number of anilines is 1. The van der Waals surface area contributed by atoms with Crippen LogP contribution in [0, 0.1) is 0 Å². The smallest absolute Gasteiger partial charge is 0.195 e. The van der Waals surface area contributed by atoms with E-state index in [-0.39, 0.29) is 0 Å². The second kappa shape index (κ2) is 4.16. The predicted octanol–water partition coefficient (Wildman–Crippen LogP) is 1.58. The molecule has 1 heterocycles. The van der Waals surface area contributed by atoms with E-state index in [4.69, 9.17) is 10.2 Å². The van der Waals surface area contributed by atoms with E-state index in [1.165, 1.54) is 0 Å². The van der Waals surface area contributed by atoms with Crippen molar-refractivity contribution in [2.75, 3.05) is 18.0 Å². The number of hydrogen-bond acceptors (Lipinski definition) is 3. The molecule has 1 aromatic rings. The monoisotopic (exact) mass is 168 g/mol. The number of nitrogens with zero attached hydrogens (tertiary/aromatic N) is 1. The average molecular weight is 168 g/mol. The van der Waals surface area contributed by atoms with Crippen molar-refractivity contribution in [1.82, 2.24) is 0 Å². The Balaban J connectivity index is 2.72. The Hall–Kier alpha value is -0.960. The molecule has 1 rings (SSSR count). The maximum absolute atomic E-state index is 5.48. The van der Waals surface area contributed by atoms with Crippen molar-refractivity contribution in [3.63, 3.8) is 0 Å². The van der Waals surface area contributed by atoms with E-state index in [9.17, 15) is 0 Å². The first-order valence-electron chi connectivity index (χ1n) is 4.35. The summed E-state index contributed by atoms with van der Waals surface area (Å²) < 4.78 is 5.48. The van der Waals surface area contributed by atoms with Crippen molar-refractivity contribution < 1.29 is 4.42 Å². The van der Waals surface area contributed by atoms with Gasteiger partial charge in [0.15, 0.2) is 5.88 Å². The lowest BCUT2D eigenvalue weighted by Crippen LogP contribution is -2.20. The van der Waals surface area contributed by atoms with Gasteiger partial charge in [-0.15, -0.1) is 0 Å². The highest BCUT2D eigenvalue weighted by atomic mass is 16.4. The summed E-state index contributed by atoms with van der Waals surface area (Å²) in [5, 5.41) is 0. The van der Waals surface area contributed by atoms with E-state index < -0.39 is 0 Å². The van der Waals surface area contributed by atoms with E-state index in [1.54, 1.807) is 0 Å². The molecule has 68 valence electrons. The predicted molar refractivity (Wildman–Crippen MR) is 50.2 cm³/mol. The maximum Gasteiger partial charge on any atom is 0.195 e. The van der Waals surface area contributed by atoms with Gasteiger partial charge in [0.05, 0.1) is 6.54 Å². The van der Waals surface area contributed by atoms with E-state index >= 15 is 0 Å². The molecule has 0 spiro atoms. The van der Waals surface area contributed by atoms with Crippen LogP contribution in [0.2, 0.25) is 0 Å². The third-order valence-electron chi connectivity index (χ3n) is 1.92. The minimum Gasteiger partial charge on any atom is -0.444 e. The van der Waals surface area contributed by atoms with Gasteiger partial charge >= 0.3 is 0 Å². The molecular weight excluding hydrogens is 152 g/mol. The van der Waals surface area contributed by atoms with Crippen LogP contribution in [0.25, 0.3) is 0 Å². The molecule has 0 saturated heterocycles. The molecule has 1 aromatic heterocycles. The highest BCUT2D eigenvalue weighted by Gasteiger charge is 2.05. The number of hydrogen-bond donors (Lipinski definition) is 1. The lowest BCUT2D eigenvalue weighted by Gasteiger charge is -2.16. The van der Waals surface area contributed by atoms with Crippen LogP contribution in [0.4, 0.5) is 5.88 Å². The van der Waals surface area contributed by atoms with Crippen LogP contribution >= 0.6 is 0 Å². The second-order valence-corrected chi connectivity index (χ2v) is 2.62. The van der Waals surface area contributed by atoms with E-state index in [1.807, 2.05) is 12.1 Å². The molecule has 0 aliphatic heterocycles. The van der Waals surface area contributed by atoms with E-state index in [2.05, 4.69) is 18.7 Å². The zero-order chi connectivity index (χ0) is 8.97. The normalized spacial score (nSPS) is 10.2. The molecule has 0 atom stereocenters. The van der Waals surface area contributed by atoms with Crippen molar-refractivity contribution in [1.29, 1.82) is 0 Å². The van der Waals surface area contributed by atoms with Crippen LogP contribution in [0.5, 0.6) is 0 Å². The highest BCUT2D eigenvalue weighted by Crippen LogP contribution is 2.17. The molecule has 0 aliphatic rings. The van der Waals surface area contributed by atoms with Crippen LogP contribution in [-0.4, -0.2) is 13.1 Å². The van der Waals surface area contributed by atoms with Crippen LogP contribution in [-0.2, 0) is 6.54 Å². The van der Waals surface area contributed by atoms with E-state index in [0.717, 1.165) is 24.7 Å². The third-order valence-corrected chi connectivity index (χ3v) is 1.92. The van der Waals surface area contributed by atoms with Gasteiger partial charge in [-0.3, -0.25) is 0 Å². The fourth-order valence-electron chi connectivity index (χ4n) is 1.18. The van der Waals surface area contributed by atoms with Gasteiger partial charge in [0, 0.05) is 19.2 Å². The van der Waals surface area contributed by atoms with Crippen LogP contribution in [0.3, 0.4) is 0 Å². The zero-order valence-electron chi connectivity index (χ0n) is 7.71. The first-order chi connectivity index (χ1) is 5.81. The average Bonchev–Trinajstić information content (AvgIpc) is 2.55. The maximum atomic E-state index is 5.48. The molecule has 2 N–H and O–H groups in total. The van der Waals surface area contributed by atoms with Gasteiger partial charge in [-0.05, 0) is 19.9 Å². The summed E-state index contributed by atoms with van der Waals surface area (Å²) in [7, 11) is 0. The molecule has 0 aromatic carbocycles. The van der Waals surface area contributed by atoms with Crippen molar-refractivity contribution >= 4 is 5.88 Å². The van der Waals surface area contributed by atoms with Crippen molar-refractivity contribution in [2.45, 2.75) is 20.4 Å². The standard InChI is InChI=1S/C9H16N2O/c1-3-11(4-2)9-6-5-8(7-10)12-9/h5-6H,3-4,7,10H2,1-2H3. The summed E-state index contributed by atoms with van der Waals surface area (Å²) in [6.07, 6.45) is 0. The van der Waals surface area contributed by atoms with Gasteiger partial charge in [0.2, 0.25) is 0 Å². The first-order valence-corrected chi connectivity index (χ1v) is 4.35. The number of rotatable bonds is 4. The summed E-state index contributed by atoms with van der Waals surface area (Å²) in [5.41, 5.74) is 5.43. The molecule has 0 fully saturated rings. The molecular formula is C9H16N2O. The molecule has 0 bridgehead atoms. The van der Waals surface area contributed by atoms with Crippen molar-refractivity contribution in [2.24, 2.45) is 5.73 Å². The molecule has 0 unspecified atom stereocenters. The fourth-order valence-corrected chi connectivity index (χ4v) is 1.18.